The topological polar surface area (TPSA) is 62.6 Å². The number of halogens is 1. The fraction of sp³-hybridized carbons (Fsp3) is 0.350. The van der Waals surface area contributed by atoms with Gasteiger partial charge < -0.3 is 15.0 Å². The Kier molecular flexibility index (Phi) is 8.02. The minimum atomic E-state index is 0. The predicted molar refractivity (Wildman–Crippen MR) is 120 cm³/mol. The maximum Gasteiger partial charge on any atom is 0.194 e. The number of ether oxygens (including phenoxy) is 1. The third kappa shape index (κ3) is 5.66. The van der Waals surface area contributed by atoms with E-state index in [1.165, 1.54) is 11.1 Å². The Morgan fingerprint density at radius 1 is 1.33 bits per heavy atom. The van der Waals surface area contributed by atoms with Crippen molar-refractivity contribution in [1.82, 2.24) is 20.2 Å². The molecule has 1 aromatic carbocycles. The van der Waals surface area contributed by atoms with Gasteiger partial charge in [-0.2, -0.15) is 0 Å². The lowest BCUT2D eigenvalue weighted by Gasteiger charge is -2.29. The number of guanidine groups is 1. The van der Waals surface area contributed by atoms with Gasteiger partial charge in [-0.05, 0) is 42.7 Å². The first-order chi connectivity index (χ1) is 12.7. The molecule has 144 valence electrons. The summed E-state index contributed by atoms with van der Waals surface area (Å²) in [5, 5.41) is 3.39. The first-order valence-electron chi connectivity index (χ1n) is 8.77. The van der Waals surface area contributed by atoms with Crippen LogP contribution in [0.1, 0.15) is 23.5 Å². The number of methoxy groups -OCH3 is 1. The molecule has 0 aliphatic carbocycles. The SMILES string of the molecule is CN=C(NCc1ccnc(C)n1)N1CC=C(c2cccc(OC)c2)CC1.I. The van der Waals surface area contributed by atoms with E-state index in [-0.39, 0.29) is 24.0 Å². The van der Waals surface area contributed by atoms with Gasteiger partial charge in [0.25, 0.3) is 0 Å². The van der Waals surface area contributed by atoms with E-state index in [0.717, 1.165) is 42.7 Å². The van der Waals surface area contributed by atoms with Gasteiger partial charge in [0.05, 0.1) is 19.3 Å². The van der Waals surface area contributed by atoms with Gasteiger partial charge in [0.1, 0.15) is 11.6 Å². The summed E-state index contributed by atoms with van der Waals surface area (Å²) in [6.07, 6.45) is 5.02. The third-order valence-corrected chi connectivity index (χ3v) is 4.42. The zero-order valence-electron chi connectivity index (χ0n) is 16.0. The molecule has 0 atom stereocenters. The second kappa shape index (κ2) is 10.2. The minimum absolute atomic E-state index is 0. The van der Waals surface area contributed by atoms with E-state index >= 15 is 0 Å². The molecular weight excluding hydrogens is 453 g/mol. The Hall–Kier alpha value is -2.16. The van der Waals surface area contributed by atoms with Gasteiger partial charge in [-0.15, -0.1) is 24.0 Å². The number of aliphatic imine (C=N–C) groups is 1. The van der Waals surface area contributed by atoms with E-state index in [9.17, 15) is 0 Å². The lowest BCUT2D eigenvalue weighted by atomic mass is 9.99. The van der Waals surface area contributed by atoms with Crippen molar-refractivity contribution in [2.45, 2.75) is 19.9 Å². The molecule has 1 aliphatic rings. The van der Waals surface area contributed by atoms with Crippen LogP contribution in [-0.4, -0.2) is 48.1 Å². The van der Waals surface area contributed by atoms with Gasteiger partial charge in [0.15, 0.2) is 5.96 Å². The van der Waals surface area contributed by atoms with Crippen molar-refractivity contribution >= 4 is 35.5 Å². The lowest BCUT2D eigenvalue weighted by molar-refractivity contribution is 0.414. The molecule has 27 heavy (non-hydrogen) atoms. The molecule has 0 saturated heterocycles. The summed E-state index contributed by atoms with van der Waals surface area (Å²) >= 11 is 0. The molecule has 0 bridgehead atoms. The van der Waals surface area contributed by atoms with Gasteiger partial charge in [-0.25, -0.2) is 9.97 Å². The molecular formula is C20H26IN5O. The number of aromatic nitrogens is 2. The maximum atomic E-state index is 5.33. The van der Waals surface area contributed by atoms with Crippen molar-refractivity contribution in [3.63, 3.8) is 0 Å². The summed E-state index contributed by atoms with van der Waals surface area (Å²) < 4.78 is 5.33. The molecule has 1 N–H and O–H groups in total. The van der Waals surface area contributed by atoms with Crippen molar-refractivity contribution in [1.29, 1.82) is 0 Å². The molecule has 2 heterocycles. The molecule has 0 unspecified atom stereocenters. The third-order valence-electron chi connectivity index (χ3n) is 4.42. The second-order valence-corrected chi connectivity index (χ2v) is 6.15. The average Bonchev–Trinajstić information content (AvgIpc) is 2.69. The molecule has 7 heteroatoms. The van der Waals surface area contributed by atoms with E-state index < -0.39 is 0 Å². The molecule has 3 rings (SSSR count). The maximum absolute atomic E-state index is 5.33. The van der Waals surface area contributed by atoms with Crippen LogP contribution in [0.2, 0.25) is 0 Å². The smallest absolute Gasteiger partial charge is 0.194 e. The Labute approximate surface area is 177 Å². The highest BCUT2D eigenvalue weighted by Crippen LogP contribution is 2.25. The molecule has 1 aromatic heterocycles. The molecule has 0 radical (unpaired) electrons. The van der Waals surface area contributed by atoms with Crippen LogP contribution < -0.4 is 10.1 Å². The van der Waals surface area contributed by atoms with Crippen molar-refractivity contribution in [3.05, 3.63) is 59.7 Å². The van der Waals surface area contributed by atoms with E-state index in [1.54, 1.807) is 13.3 Å². The Morgan fingerprint density at radius 2 is 2.19 bits per heavy atom. The first-order valence-corrected chi connectivity index (χ1v) is 8.77. The van der Waals surface area contributed by atoms with E-state index in [0.29, 0.717) is 6.54 Å². The standard InChI is InChI=1S/C20H25N5O.HI/c1-15-22-10-7-18(24-15)14-23-20(21-2)25-11-8-16(9-12-25)17-5-4-6-19(13-17)26-3;/h4-8,10,13H,9,11-12,14H2,1-3H3,(H,21,23);1H. The van der Waals surface area contributed by atoms with Crippen LogP contribution in [0.15, 0.2) is 47.6 Å². The van der Waals surface area contributed by atoms with Crippen molar-refractivity contribution in [3.8, 4) is 5.75 Å². The largest absolute Gasteiger partial charge is 0.497 e. The number of nitrogens with one attached hydrogen (secondary N) is 1. The Balaban J connectivity index is 0.00000261. The fourth-order valence-electron chi connectivity index (χ4n) is 3.05. The van der Waals surface area contributed by atoms with Gasteiger partial charge in [-0.1, -0.05) is 18.2 Å². The van der Waals surface area contributed by atoms with Gasteiger partial charge in [0, 0.05) is 26.3 Å². The second-order valence-electron chi connectivity index (χ2n) is 6.15. The summed E-state index contributed by atoms with van der Waals surface area (Å²) in [5.41, 5.74) is 3.54. The zero-order chi connectivity index (χ0) is 18.4. The molecule has 1 aliphatic heterocycles. The first kappa shape index (κ1) is 21.1. The van der Waals surface area contributed by atoms with E-state index in [2.05, 4.69) is 43.4 Å². The highest BCUT2D eigenvalue weighted by Gasteiger charge is 2.16. The highest BCUT2D eigenvalue weighted by molar-refractivity contribution is 14.0. The summed E-state index contributed by atoms with van der Waals surface area (Å²) in [4.78, 5) is 15.2. The van der Waals surface area contributed by atoms with Crippen LogP contribution in [0.25, 0.3) is 5.57 Å². The van der Waals surface area contributed by atoms with E-state index in [1.807, 2.05) is 32.2 Å². The van der Waals surface area contributed by atoms with Crippen LogP contribution in [-0.2, 0) is 6.54 Å². The molecule has 0 fully saturated rings. The molecule has 0 saturated carbocycles. The number of hydrogen-bond acceptors (Lipinski definition) is 4. The number of rotatable bonds is 4. The van der Waals surface area contributed by atoms with Gasteiger partial charge in [-0.3, -0.25) is 4.99 Å². The minimum Gasteiger partial charge on any atom is -0.497 e. The molecule has 0 amide bonds. The van der Waals surface area contributed by atoms with Crippen molar-refractivity contribution in [2.24, 2.45) is 4.99 Å². The van der Waals surface area contributed by atoms with Crippen LogP contribution in [0, 0.1) is 6.92 Å². The normalized spacial score (nSPS) is 14.3. The van der Waals surface area contributed by atoms with Crippen LogP contribution in [0.4, 0.5) is 0 Å². The average molecular weight is 479 g/mol. The van der Waals surface area contributed by atoms with Crippen LogP contribution in [0.3, 0.4) is 0 Å². The van der Waals surface area contributed by atoms with Gasteiger partial charge in [0.2, 0.25) is 0 Å². The van der Waals surface area contributed by atoms with E-state index in [4.69, 9.17) is 4.74 Å². The highest BCUT2D eigenvalue weighted by atomic mass is 127. The lowest BCUT2D eigenvalue weighted by Crippen LogP contribution is -2.43. The van der Waals surface area contributed by atoms with Gasteiger partial charge >= 0.3 is 0 Å². The van der Waals surface area contributed by atoms with Crippen LogP contribution in [0.5, 0.6) is 5.75 Å². The molecule has 6 nitrogen and oxygen atoms in total. The quantitative estimate of drug-likeness (QED) is 0.415. The summed E-state index contributed by atoms with van der Waals surface area (Å²) in [5.74, 6) is 2.56. The Bertz CT molecular complexity index is 822. The Morgan fingerprint density at radius 3 is 2.85 bits per heavy atom. The summed E-state index contributed by atoms with van der Waals surface area (Å²) in [7, 11) is 3.51. The summed E-state index contributed by atoms with van der Waals surface area (Å²) in [6, 6.07) is 10.1. The number of hydrogen-bond donors (Lipinski definition) is 1. The predicted octanol–water partition coefficient (Wildman–Crippen LogP) is 3.28. The summed E-state index contributed by atoms with van der Waals surface area (Å²) in [6.45, 7) is 4.29. The zero-order valence-corrected chi connectivity index (χ0v) is 18.3. The number of nitrogens with zero attached hydrogens (tertiary/aromatic N) is 4. The number of aryl methyl sites for hydroxylation is 1. The molecule has 0 spiro atoms. The monoisotopic (exact) mass is 479 g/mol. The molecule has 2 aromatic rings. The van der Waals surface area contributed by atoms with Crippen molar-refractivity contribution in [2.75, 3.05) is 27.2 Å². The fourth-order valence-corrected chi connectivity index (χ4v) is 3.05. The van der Waals surface area contributed by atoms with Crippen molar-refractivity contribution < 1.29 is 4.74 Å². The van der Waals surface area contributed by atoms with Crippen LogP contribution >= 0.6 is 24.0 Å². The number of benzene rings is 1.